The van der Waals surface area contributed by atoms with E-state index in [0.717, 1.165) is 22.0 Å². The Morgan fingerprint density at radius 3 is 2.62 bits per heavy atom. The number of halogens is 3. The van der Waals surface area contributed by atoms with Crippen molar-refractivity contribution in [3.63, 3.8) is 0 Å². The van der Waals surface area contributed by atoms with Gasteiger partial charge in [0, 0.05) is 42.7 Å². The molecular formula is C25H30F3N5O. The Labute approximate surface area is 196 Å². The fourth-order valence-electron chi connectivity index (χ4n) is 4.68. The molecule has 6 nitrogen and oxygen atoms in total. The molecule has 9 heteroatoms. The van der Waals surface area contributed by atoms with E-state index in [9.17, 15) is 18.0 Å². The molecule has 1 saturated carbocycles. The number of carbonyl (C=O) groups is 1. The minimum Gasteiger partial charge on any atom is -0.355 e. The highest BCUT2D eigenvalue weighted by molar-refractivity contribution is 5.78. The second-order valence-corrected chi connectivity index (χ2v) is 9.62. The number of carbonyl (C=O) groups excluding carboxylic acids is 1. The average Bonchev–Trinajstić information content (AvgIpc) is 3.46. The van der Waals surface area contributed by atoms with Crippen molar-refractivity contribution in [1.82, 2.24) is 25.4 Å². The number of H-pyrrole nitrogens is 1. The molecule has 0 spiro atoms. The van der Waals surface area contributed by atoms with Crippen LogP contribution in [-0.2, 0) is 11.2 Å². The number of hydrogen-bond donors (Lipinski definition) is 2. The van der Waals surface area contributed by atoms with Crippen LogP contribution in [0.25, 0.3) is 10.9 Å². The number of aryl methyl sites for hydroxylation is 1. The molecule has 2 heterocycles. The smallest absolute Gasteiger partial charge is 0.355 e. The summed E-state index contributed by atoms with van der Waals surface area (Å²) in [6, 6.07) is 7.74. The lowest BCUT2D eigenvalue weighted by Gasteiger charge is -2.30. The maximum Gasteiger partial charge on any atom is 0.395 e. The average molecular weight is 474 g/mol. The summed E-state index contributed by atoms with van der Waals surface area (Å²) in [5.74, 6) is -1.32. The third-order valence-electron chi connectivity index (χ3n) is 6.95. The van der Waals surface area contributed by atoms with Crippen LogP contribution in [0.15, 0.2) is 42.9 Å². The number of likely N-dealkylation sites (N-methyl/N-ethyl adjacent to an activating group) is 1. The van der Waals surface area contributed by atoms with E-state index in [1.807, 2.05) is 31.1 Å². The SMILES string of the molecule is Cc1cncc([C@@H](CC(=O)NC[C@H](Cc2ccc3[nH]ncc3c2)N(C)C)C2(C(F)(F)F)CC2)c1. The first kappa shape index (κ1) is 24.2. The summed E-state index contributed by atoms with van der Waals surface area (Å²) in [5, 5.41) is 10.9. The second kappa shape index (κ2) is 9.37. The van der Waals surface area contributed by atoms with Crippen molar-refractivity contribution in [1.29, 1.82) is 0 Å². The first-order valence-corrected chi connectivity index (χ1v) is 11.4. The molecule has 2 aromatic heterocycles. The molecule has 1 fully saturated rings. The highest BCUT2D eigenvalue weighted by Gasteiger charge is 2.67. The van der Waals surface area contributed by atoms with Crippen LogP contribution in [0, 0.1) is 12.3 Å². The van der Waals surface area contributed by atoms with E-state index in [1.165, 1.54) is 6.20 Å². The maximum atomic E-state index is 14.0. The Hall–Kier alpha value is -2.94. The van der Waals surface area contributed by atoms with Crippen LogP contribution in [0.1, 0.15) is 41.9 Å². The van der Waals surface area contributed by atoms with Gasteiger partial charge in [-0.1, -0.05) is 12.1 Å². The standard InChI is InChI=1S/C25H30F3N5O/c1-16-8-18(13-29-12-16)21(24(6-7-24)25(26,27)28)11-23(34)30-15-20(33(2)3)10-17-4-5-22-19(9-17)14-31-32-22/h4-5,8-9,12-14,20-21H,6-7,10-11,15H2,1-3H3,(H,30,34)(H,31,32)/t20-,21+/m0/s1. The van der Waals surface area contributed by atoms with Gasteiger partial charge in [-0.2, -0.15) is 18.3 Å². The molecule has 182 valence electrons. The van der Waals surface area contributed by atoms with E-state index >= 15 is 0 Å². The highest BCUT2D eigenvalue weighted by Crippen LogP contribution is 2.66. The molecule has 2 N–H and O–H groups in total. The topological polar surface area (TPSA) is 73.9 Å². The fourth-order valence-corrected chi connectivity index (χ4v) is 4.68. The number of rotatable bonds is 9. The number of fused-ring (bicyclic) bond motifs is 1. The Morgan fingerprint density at radius 2 is 1.97 bits per heavy atom. The van der Waals surface area contributed by atoms with Gasteiger partial charge in [-0.15, -0.1) is 0 Å². The number of aromatic nitrogens is 3. The van der Waals surface area contributed by atoms with Crippen molar-refractivity contribution in [3.05, 3.63) is 59.5 Å². The predicted octanol–water partition coefficient (Wildman–Crippen LogP) is 4.37. The van der Waals surface area contributed by atoms with Crippen molar-refractivity contribution >= 4 is 16.8 Å². The molecule has 1 aliphatic rings. The number of nitrogens with zero attached hydrogens (tertiary/aromatic N) is 3. The van der Waals surface area contributed by atoms with Crippen molar-refractivity contribution in [2.75, 3.05) is 20.6 Å². The molecule has 0 aliphatic heterocycles. The molecule has 34 heavy (non-hydrogen) atoms. The lowest BCUT2D eigenvalue weighted by atomic mass is 9.80. The summed E-state index contributed by atoms with van der Waals surface area (Å²) in [4.78, 5) is 19.0. The zero-order valence-corrected chi connectivity index (χ0v) is 19.6. The molecule has 4 rings (SSSR count). The molecular weight excluding hydrogens is 443 g/mol. The minimum atomic E-state index is -4.36. The van der Waals surface area contributed by atoms with Gasteiger partial charge in [-0.25, -0.2) is 0 Å². The minimum absolute atomic E-state index is 0.00936. The largest absolute Gasteiger partial charge is 0.395 e. The van der Waals surface area contributed by atoms with E-state index in [4.69, 9.17) is 0 Å². The number of benzene rings is 1. The summed E-state index contributed by atoms with van der Waals surface area (Å²) >= 11 is 0. The number of aromatic amines is 1. The highest BCUT2D eigenvalue weighted by atomic mass is 19.4. The summed E-state index contributed by atoms with van der Waals surface area (Å²) in [6.45, 7) is 2.14. The second-order valence-electron chi connectivity index (χ2n) is 9.62. The fraction of sp³-hybridized carbons (Fsp3) is 0.480. The molecule has 2 atom stereocenters. The van der Waals surface area contributed by atoms with Crippen LogP contribution in [-0.4, -0.2) is 58.8 Å². The zero-order chi connectivity index (χ0) is 24.5. The van der Waals surface area contributed by atoms with Gasteiger partial charge >= 0.3 is 6.18 Å². The maximum absolute atomic E-state index is 14.0. The lowest BCUT2D eigenvalue weighted by molar-refractivity contribution is -0.194. The first-order valence-electron chi connectivity index (χ1n) is 11.4. The molecule has 0 bridgehead atoms. The first-order chi connectivity index (χ1) is 16.1. The van der Waals surface area contributed by atoms with Crippen LogP contribution < -0.4 is 5.32 Å². The van der Waals surface area contributed by atoms with Gasteiger partial charge in [0.1, 0.15) is 0 Å². The van der Waals surface area contributed by atoms with Gasteiger partial charge in [-0.05, 0) is 69.1 Å². The van der Waals surface area contributed by atoms with E-state index in [-0.39, 0.29) is 31.2 Å². The van der Waals surface area contributed by atoms with E-state index in [0.29, 0.717) is 18.5 Å². The van der Waals surface area contributed by atoms with Crippen molar-refractivity contribution in [3.8, 4) is 0 Å². The molecule has 1 aromatic carbocycles. The summed E-state index contributed by atoms with van der Waals surface area (Å²) in [5.41, 5.74) is 1.46. The van der Waals surface area contributed by atoms with Crippen LogP contribution in [0.5, 0.6) is 0 Å². The number of amides is 1. The Kier molecular flexibility index (Phi) is 6.66. The molecule has 1 amide bonds. The monoisotopic (exact) mass is 473 g/mol. The van der Waals surface area contributed by atoms with Gasteiger partial charge in [0.25, 0.3) is 0 Å². The molecule has 1 aliphatic carbocycles. The van der Waals surface area contributed by atoms with Gasteiger partial charge in [-0.3, -0.25) is 14.9 Å². The Morgan fingerprint density at radius 1 is 1.21 bits per heavy atom. The van der Waals surface area contributed by atoms with Crippen LogP contribution in [0.4, 0.5) is 13.2 Å². The van der Waals surface area contributed by atoms with Crippen LogP contribution in [0.3, 0.4) is 0 Å². The number of hydrogen-bond acceptors (Lipinski definition) is 4. The normalized spacial score (nSPS) is 17.0. The molecule has 0 radical (unpaired) electrons. The van der Waals surface area contributed by atoms with E-state index in [2.05, 4.69) is 26.6 Å². The van der Waals surface area contributed by atoms with Gasteiger partial charge in [0.2, 0.25) is 5.91 Å². The molecule has 0 saturated heterocycles. The zero-order valence-electron chi connectivity index (χ0n) is 19.6. The predicted molar refractivity (Wildman–Crippen MR) is 124 cm³/mol. The van der Waals surface area contributed by atoms with Crippen molar-refractivity contribution in [2.24, 2.45) is 5.41 Å². The lowest BCUT2D eigenvalue weighted by Crippen LogP contribution is -2.42. The summed E-state index contributed by atoms with van der Waals surface area (Å²) < 4.78 is 41.9. The third kappa shape index (κ3) is 5.09. The van der Waals surface area contributed by atoms with Crippen molar-refractivity contribution in [2.45, 2.75) is 50.7 Å². The van der Waals surface area contributed by atoms with E-state index in [1.54, 1.807) is 25.4 Å². The van der Waals surface area contributed by atoms with Crippen molar-refractivity contribution < 1.29 is 18.0 Å². The van der Waals surface area contributed by atoms with Crippen LogP contribution in [0.2, 0.25) is 0 Å². The van der Waals surface area contributed by atoms with Crippen LogP contribution >= 0.6 is 0 Å². The van der Waals surface area contributed by atoms with Gasteiger partial charge in [0.15, 0.2) is 0 Å². The Bertz CT molecular complexity index is 1150. The van der Waals surface area contributed by atoms with Gasteiger partial charge < -0.3 is 10.2 Å². The number of pyridine rings is 1. The molecule has 0 unspecified atom stereocenters. The number of alkyl halides is 3. The van der Waals surface area contributed by atoms with E-state index < -0.39 is 17.5 Å². The number of nitrogens with one attached hydrogen (secondary N) is 2. The quantitative estimate of drug-likeness (QED) is 0.484. The third-order valence-corrected chi connectivity index (χ3v) is 6.95. The Balaban J connectivity index is 1.45. The summed E-state index contributed by atoms with van der Waals surface area (Å²) in [6.07, 6.45) is 1.03. The summed E-state index contributed by atoms with van der Waals surface area (Å²) in [7, 11) is 3.86. The van der Waals surface area contributed by atoms with Gasteiger partial charge in [0.05, 0.1) is 17.1 Å². The molecule has 3 aromatic rings.